The number of likely N-dealkylation sites (tertiary alicyclic amines) is 1. The molecule has 2 aliphatic rings. The van der Waals surface area contributed by atoms with Gasteiger partial charge in [-0.3, -0.25) is 0 Å². The largest absolute Gasteiger partial charge is 0.394 e. The van der Waals surface area contributed by atoms with Gasteiger partial charge in [-0.25, -0.2) is 0 Å². The Bertz CT molecular complexity index is 272. The van der Waals surface area contributed by atoms with Crippen LogP contribution in [0.5, 0.6) is 0 Å². The molecule has 1 heterocycles. The van der Waals surface area contributed by atoms with E-state index < -0.39 is 0 Å². The van der Waals surface area contributed by atoms with E-state index in [1.165, 1.54) is 32.4 Å². The van der Waals surface area contributed by atoms with Crippen LogP contribution in [-0.4, -0.2) is 47.8 Å². The molecule has 1 saturated heterocycles. The molecule has 112 valence electrons. The fourth-order valence-electron chi connectivity index (χ4n) is 4.03. The Labute approximate surface area is 118 Å². The van der Waals surface area contributed by atoms with Crippen molar-refractivity contribution in [1.29, 1.82) is 0 Å². The van der Waals surface area contributed by atoms with Crippen molar-refractivity contribution in [2.45, 2.75) is 64.5 Å². The van der Waals surface area contributed by atoms with Crippen LogP contribution < -0.4 is 5.32 Å². The number of rotatable bonds is 7. The second-order valence-electron chi connectivity index (χ2n) is 7.10. The summed E-state index contributed by atoms with van der Waals surface area (Å²) in [6.45, 7) is 10.5. The summed E-state index contributed by atoms with van der Waals surface area (Å²) in [4.78, 5) is 2.66. The molecule has 0 radical (unpaired) electrons. The zero-order chi connectivity index (χ0) is 13.9. The third-order valence-corrected chi connectivity index (χ3v) is 5.27. The van der Waals surface area contributed by atoms with Crippen molar-refractivity contribution in [2.24, 2.45) is 11.8 Å². The first-order valence-corrected chi connectivity index (χ1v) is 8.18. The van der Waals surface area contributed by atoms with Crippen molar-refractivity contribution in [2.75, 3.05) is 26.2 Å². The Balaban J connectivity index is 1.84. The highest BCUT2D eigenvalue weighted by atomic mass is 16.3. The molecule has 2 fully saturated rings. The second kappa shape index (κ2) is 6.55. The number of hydrogen-bond acceptors (Lipinski definition) is 3. The molecule has 1 saturated carbocycles. The molecule has 0 aromatic heterocycles. The maximum Gasteiger partial charge on any atom is 0.0611 e. The Kier molecular flexibility index (Phi) is 5.27. The van der Waals surface area contributed by atoms with Gasteiger partial charge in [0.1, 0.15) is 0 Å². The molecule has 2 N–H and O–H groups in total. The van der Waals surface area contributed by atoms with Crippen LogP contribution in [0.1, 0.15) is 52.9 Å². The minimum absolute atomic E-state index is 0.118. The lowest BCUT2D eigenvalue weighted by molar-refractivity contribution is 0.122. The van der Waals surface area contributed by atoms with Crippen LogP contribution in [0.3, 0.4) is 0 Å². The Morgan fingerprint density at radius 3 is 2.47 bits per heavy atom. The fraction of sp³-hybridized carbons (Fsp3) is 1.00. The molecular weight excluding hydrogens is 236 g/mol. The van der Waals surface area contributed by atoms with Crippen LogP contribution in [0.25, 0.3) is 0 Å². The molecule has 1 aliphatic heterocycles. The van der Waals surface area contributed by atoms with Gasteiger partial charge in [-0.2, -0.15) is 0 Å². The van der Waals surface area contributed by atoms with E-state index >= 15 is 0 Å². The summed E-state index contributed by atoms with van der Waals surface area (Å²) in [6, 6.07) is 0.576. The molecule has 0 amide bonds. The summed E-state index contributed by atoms with van der Waals surface area (Å²) in [7, 11) is 0. The summed E-state index contributed by atoms with van der Waals surface area (Å²) >= 11 is 0. The summed E-state index contributed by atoms with van der Waals surface area (Å²) in [5, 5.41) is 13.2. The van der Waals surface area contributed by atoms with Gasteiger partial charge in [-0.1, -0.05) is 13.3 Å². The van der Waals surface area contributed by atoms with E-state index in [0.717, 1.165) is 31.2 Å². The highest BCUT2D eigenvalue weighted by Crippen LogP contribution is 2.39. The van der Waals surface area contributed by atoms with Gasteiger partial charge in [0, 0.05) is 24.7 Å². The first-order chi connectivity index (χ1) is 9.08. The van der Waals surface area contributed by atoms with Crippen molar-refractivity contribution < 1.29 is 5.11 Å². The van der Waals surface area contributed by atoms with Crippen LogP contribution in [0.4, 0.5) is 0 Å². The zero-order valence-corrected chi connectivity index (χ0v) is 13.0. The number of nitrogens with one attached hydrogen (secondary N) is 1. The van der Waals surface area contributed by atoms with Crippen LogP contribution in [-0.2, 0) is 0 Å². The van der Waals surface area contributed by atoms with E-state index in [0.29, 0.717) is 6.04 Å². The normalized spacial score (nSPS) is 32.2. The molecule has 1 aliphatic carbocycles. The van der Waals surface area contributed by atoms with Gasteiger partial charge in [-0.05, 0) is 57.9 Å². The van der Waals surface area contributed by atoms with Crippen LogP contribution in [0.2, 0.25) is 0 Å². The number of hydrogen-bond donors (Lipinski definition) is 2. The topological polar surface area (TPSA) is 35.5 Å². The summed E-state index contributed by atoms with van der Waals surface area (Å²) in [5.41, 5.74) is -0.118. The molecule has 3 nitrogen and oxygen atoms in total. The van der Waals surface area contributed by atoms with Crippen molar-refractivity contribution in [3.8, 4) is 0 Å². The maximum absolute atomic E-state index is 9.68. The number of nitrogens with zero attached hydrogens (tertiary/aromatic N) is 1. The Morgan fingerprint density at radius 2 is 1.95 bits per heavy atom. The van der Waals surface area contributed by atoms with Gasteiger partial charge in [0.05, 0.1) is 6.61 Å². The van der Waals surface area contributed by atoms with E-state index in [9.17, 15) is 5.11 Å². The van der Waals surface area contributed by atoms with E-state index in [1.54, 1.807) is 0 Å². The van der Waals surface area contributed by atoms with Crippen molar-refractivity contribution in [3.05, 3.63) is 0 Å². The van der Waals surface area contributed by atoms with Crippen LogP contribution >= 0.6 is 0 Å². The first kappa shape index (κ1) is 15.3. The lowest BCUT2D eigenvalue weighted by Crippen LogP contribution is -2.50. The van der Waals surface area contributed by atoms with E-state index in [2.05, 4.69) is 31.0 Å². The van der Waals surface area contributed by atoms with Gasteiger partial charge >= 0.3 is 0 Å². The fourth-order valence-corrected chi connectivity index (χ4v) is 4.03. The lowest BCUT2D eigenvalue weighted by atomic mass is 9.93. The number of aliphatic hydroxyl groups excluding tert-OH is 1. The molecular formula is C16H32N2O. The predicted molar refractivity (Wildman–Crippen MR) is 80.3 cm³/mol. The summed E-state index contributed by atoms with van der Waals surface area (Å²) in [5.74, 6) is 1.93. The van der Waals surface area contributed by atoms with Crippen LogP contribution in [0, 0.1) is 11.8 Å². The number of fused-ring (bicyclic) bond motifs is 1. The Morgan fingerprint density at radius 1 is 1.32 bits per heavy atom. The molecule has 3 heteroatoms. The first-order valence-electron chi connectivity index (χ1n) is 8.18. The predicted octanol–water partition coefficient (Wildman–Crippen LogP) is 2.25. The maximum atomic E-state index is 9.68. The molecule has 19 heavy (non-hydrogen) atoms. The summed E-state index contributed by atoms with van der Waals surface area (Å²) in [6.07, 6.45) is 6.50. The standard InChI is InChI=1S/C16H32N2O/c1-4-8-17-16(3,12-19)9-13(2)18-10-14-6-5-7-15(14)11-18/h13-15,17,19H,4-12H2,1-3H3. The van der Waals surface area contributed by atoms with E-state index in [-0.39, 0.29) is 12.1 Å². The van der Waals surface area contributed by atoms with Crippen molar-refractivity contribution in [3.63, 3.8) is 0 Å². The molecule has 2 rings (SSSR count). The van der Waals surface area contributed by atoms with Gasteiger partial charge in [0.15, 0.2) is 0 Å². The molecule has 0 spiro atoms. The third kappa shape index (κ3) is 3.71. The highest BCUT2D eigenvalue weighted by Gasteiger charge is 2.39. The summed E-state index contributed by atoms with van der Waals surface area (Å²) < 4.78 is 0. The monoisotopic (exact) mass is 268 g/mol. The Hall–Kier alpha value is -0.120. The molecule has 4 atom stereocenters. The lowest BCUT2D eigenvalue weighted by Gasteiger charge is -2.35. The van der Waals surface area contributed by atoms with Gasteiger partial charge in [0.25, 0.3) is 0 Å². The van der Waals surface area contributed by atoms with E-state index in [1.807, 2.05) is 0 Å². The van der Waals surface area contributed by atoms with Gasteiger partial charge in [-0.15, -0.1) is 0 Å². The van der Waals surface area contributed by atoms with Gasteiger partial charge in [0.2, 0.25) is 0 Å². The zero-order valence-electron chi connectivity index (χ0n) is 13.0. The average molecular weight is 268 g/mol. The molecule has 0 aromatic rings. The number of aliphatic hydroxyl groups is 1. The minimum atomic E-state index is -0.118. The second-order valence-corrected chi connectivity index (χ2v) is 7.10. The SMILES string of the molecule is CCCNC(C)(CO)CC(C)N1CC2CCCC2C1. The minimum Gasteiger partial charge on any atom is -0.394 e. The van der Waals surface area contributed by atoms with Crippen LogP contribution in [0.15, 0.2) is 0 Å². The smallest absolute Gasteiger partial charge is 0.0611 e. The van der Waals surface area contributed by atoms with Crippen molar-refractivity contribution >= 4 is 0 Å². The quantitative estimate of drug-likeness (QED) is 0.743. The third-order valence-electron chi connectivity index (χ3n) is 5.27. The van der Waals surface area contributed by atoms with Gasteiger partial charge < -0.3 is 15.3 Å². The van der Waals surface area contributed by atoms with E-state index in [4.69, 9.17) is 0 Å². The molecule has 4 unspecified atom stereocenters. The molecule has 0 aromatic carbocycles. The average Bonchev–Trinajstić information content (AvgIpc) is 2.97. The van der Waals surface area contributed by atoms with Crippen molar-refractivity contribution in [1.82, 2.24) is 10.2 Å². The molecule has 0 bridgehead atoms. The highest BCUT2D eigenvalue weighted by molar-refractivity contribution is 4.93.